The molecule has 1 N–H and O–H groups in total. The molecule has 29 heavy (non-hydrogen) atoms. The molecule has 0 spiro atoms. The highest BCUT2D eigenvalue weighted by Gasteiger charge is 2.25. The molecule has 0 amide bonds. The molecule has 0 saturated carbocycles. The van der Waals surface area contributed by atoms with Gasteiger partial charge in [0.1, 0.15) is 12.2 Å². The zero-order valence-corrected chi connectivity index (χ0v) is 19.4. The van der Waals surface area contributed by atoms with E-state index in [1.54, 1.807) is 22.9 Å². The van der Waals surface area contributed by atoms with Crippen molar-refractivity contribution >= 4 is 29.9 Å². The first-order valence-electron chi connectivity index (χ1n) is 9.61. The average molecular weight is 517 g/mol. The summed E-state index contributed by atoms with van der Waals surface area (Å²) in [5, 5.41) is 7.56. The van der Waals surface area contributed by atoms with Gasteiger partial charge in [-0.3, -0.25) is 4.68 Å². The third-order valence-electron chi connectivity index (χ3n) is 4.46. The van der Waals surface area contributed by atoms with E-state index in [0.717, 1.165) is 24.6 Å². The quantitative estimate of drug-likeness (QED) is 0.363. The van der Waals surface area contributed by atoms with Crippen LogP contribution in [-0.4, -0.2) is 59.5 Å². The van der Waals surface area contributed by atoms with Crippen LogP contribution >= 0.6 is 24.0 Å². The first-order chi connectivity index (χ1) is 13.6. The van der Waals surface area contributed by atoms with Crippen molar-refractivity contribution < 1.29 is 13.9 Å². The van der Waals surface area contributed by atoms with E-state index >= 15 is 0 Å². The highest BCUT2D eigenvalue weighted by Crippen LogP contribution is 2.22. The summed E-state index contributed by atoms with van der Waals surface area (Å²) in [6.45, 7) is 7.17. The molecular formula is C20H29FIN5O2. The molecule has 1 saturated heterocycles. The van der Waals surface area contributed by atoms with Gasteiger partial charge in [-0.1, -0.05) is 12.1 Å². The number of nitrogens with one attached hydrogen (secondary N) is 1. The van der Waals surface area contributed by atoms with Crippen LogP contribution in [0.25, 0.3) is 0 Å². The fraction of sp³-hybridized carbons (Fsp3) is 0.500. The van der Waals surface area contributed by atoms with Gasteiger partial charge in [-0.05, 0) is 26.0 Å². The zero-order chi connectivity index (χ0) is 19.9. The molecule has 0 aliphatic carbocycles. The molecule has 1 aromatic heterocycles. The van der Waals surface area contributed by atoms with Crippen LogP contribution in [0.2, 0.25) is 0 Å². The molecule has 1 aliphatic heterocycles. The second-order valence-electron chi connectivity index (χ2n) is 6.81. The first kappa shape index (κ1) is 23.4. The third-order valence-corrected chi connectivity index (χ3v) is 4.46. The van der Waals surface area contributed by atoms with Crippen LogP contribution in [0.5, 0.6) is 5.75 Å². The maximum Gasteiger partial charge on any atom is 0.194 e. The van der Waals surface area contributed by atoms with Crippen LogP contribution < -0.4 is 10.1 Å². The van der Waals surface area contributed by atoms with Crippen LogP contribution in [0.1, 0.15) is 25.5 Å². The van der Waals surface area contributed by atoms with Gasteiger partial charge in [-0.2, -0.15) is 5.10 Å². The number of aliphatic imine (C=N–C) groups is 1. The normalized spacial score (nSPS) is 18.1. The van der Waals surface area contributed by atoms with Crippen molar-refractivity contribution in [3.05, 3.63) is 48.0 Å². The second-order valence-corrected chi connectivity index (χ2v) is 6.81. The Morgan fingerprint density at radius 2 is 2.24 bits per heavy atom. The van der Waals surface area contributed by atoms with Gasteiger partial charge in [0, 0.05) is 31.9 Å². The Morgan fingerprint density at radius 1 is 1.45 bits per heavy atom. The van der Waals surface area contributed by atoms with E-state index in [-0.39, 0.29) is 47.8 Å². The van der Waals surface area contributed by atoms with Crippen molar-refractivity contribution in [3.63, 3.8) is 0 Å². The maximum absolute atomic E-state index is 13.8. The predicted octanol–water partition coefficient (Wildman–Crippen LogP) is 2.98. The number of rotatable bonds is 6. The number of halogens is 2. The first-order valence-corrected chi connectivity index (χ1v) is 9.61. The highest BCUT2D eigenvalue weighted by molar-refractivity contribution is 14.0. The standard InChI is InChI=1S/C20H28FN5O2.HI/c1-4-22-20(23-11-15(2)28-18-8-6-5-7-17(18)21)26-9-10-27-19(14-26)16-12-24-25(3)13-16;/h5-8,12-13,15,19H,4,9-11,14H2,1-3H3,(H,22,23);1H. The van der Waals surface area contributed by atoms with Crippen LogP contribution in [0.3, 0.4) is 0 Å². The third kappa shape index (κ3) is 6.56. The van der Waals surface area contributed by atoms with Gasteiger partial charge in [0.15, 0.2) is 17.5 Å². The number of hydrogen-bond acceptors (Lipinski definition) is 4. The van der Waals surface area contributed by atoms with Gasteiger partial charge in [0.2, 0.25) is 0 Å². The van der Waals surface area contributed by atoms with Gasteiger partial charge < -0.3 is 19.7 Å². The van der Waals surface area contributed by atoms with Crippen LogP contribution in [-0.2, 0) is 11.8 Å². The minimum Gasteiger partial charge on any atom is -0.486 e. The largest absolute Gasteiger partial charge is 0.486 e. The Balaban J connectivity index is 0.00000300. The second kappa shape index (κ2) is 11.3. The number of ether oxygens (including phenoxy) is 2. The van der Waals surface area contributed by atoms with Crippen molar-refractivity contribution in [1.29, 1.82) is 0 Å². The molecule has 7 nitrogen and oxygen atoms in total. The van der Waals surface area contributed by atoms with Gasteiger partial charge in [0.05, 0.1) is 25.9 Å². The van der Waals surface area contributed by atoms with Crippen LogP contribution in [0, 0.1) is 5.82 Å². The molecule has 0 radical (unpaired) electrons. The minimum atomic E-state index is -0.363. The number of hydrogen-bond donors (Lipinski definition) is 1. The van der Waals surface area contributed by atoms with Gasteiger partial charge in [-0.25, -0.2) is 9.38 Å². The SMILES string of the molecule is CCNC(=NCC(C)Oc1ccccc1F)N1CCOC(c2cnn(C)c2)C1.I. The summed E-state index contributed by atoms with van der Waals surface area (Å²) in [4.78, 5) is 6.88. The Morgan fingerprint density at radius 3 is 2.93 bits per heavy atom. The summed E-state index contributed by atoms with van der Waals surface area (Å²) < 4.78 is 27.1. The number of aryl methyl sites for hydroxylation is 1. The van der Waals surface area contributed by atoms with E-state index in [1.807, 2.05) is 33.3 Å². The number of morpholine rings is 1. The van der Waals surface area contributed by atoms with E-state index < -0.39 is 0 Å². The van der Waals surface area contributed by atoms with Crippen LogP contribution in [0.4, 0.5) is 4.39 Å². The van der Waals surface area contributed by atoms with Crippen molar-refractivity contribution in [2.75, 3.05) is 32.8 Å². The molecule has 2 aromatic rings. The summed E-state index contributed by atoms with van der Waals surface area (Å²) >= 11 is 0. The highest BCUT2D eigenvalue weighted by atomic mass is 127. The summed E-state index contributed by atoms with van der Waals surface area (Å²) in [6, 6.07) is 6.42. The number of nitrogens with zero attached hydrogens (tertiary/aromatic N) is 4. The lowest BCUT2D eigenvalue weighted by Crippen LogP contribution is -2.48. The predicted molar refractivity (Wildman–Crippen MR) is 121 cm³/mol. The number of para-hydroxylation sites is 1. The molecule has 1 aliphatic rings. The average Bonchev–Trinajstić information content (AvgIpc) is 3.13. The molecule has 160 valence electrons. The Hall–Kier alpha value is -1.88. The smallest absolute Gasteiger partial charge is 0.194 e. The fourth-order valence-electron chi connectivity index (χ4n) is 3.08. The molecular weight excluding hydrogens is 488 g/mol. The lowest BCUT2D eigenvalue weighted by Gasteiger charge is -2.35. The van der Waals surface area contributed by atoms with Crippen LogP contribution in [0.15, 0.2) is 41.7 Å². The number of benzene rings is 1. The summed E-state index contributed by atoms with van der Waals surface area (Å²) in [5.74, 6) is 0.694. The lowest BCUT2D eigenvalue weighted by atomic mass is 10.1. The van der Waals surface area contributed by atoms with Crippen molar-refractivity contribution in [2.24, 2.45) is 12.0 Å². The van der Waals surface area contributed by atoms with Gasteiger partial charge in [-0.15, -0.1) is 24.0 Å². The topological polar surface area (TPSA) is 63.9 Å². The van der Waals surface area contributed by atoms with E-state index in [4.69, 9.17) is 14.5 Å². The fourth-order valence-corrected chi connectivity index (χ4v) is 3.08. The Labute approximate surface area is 188 Å². The number of aromatic nitrogens is 2. The lowest BCUT2D eigenvalue weighted by molar-refractivity contribution is -0.00808. The molecule has 2 heterocycles. The van der Waals surface area contributed by atoms with E-state index in [0.29, 0.717) is 19.7 Å². The molecule has 1 fully saturated rings. The maximum atomic E-state index is 13.8. The summed E-state index contributed by atoms with van der Waals surface area (Å²) in [7, 11) is 1.90. The summed E-state index contributed by atoms with van der Waals surface area (Å²) in [5.41, 5.74) is 1.05. The van der Waals surface area contributed by atoms with Gasteiger partial charge >= 0.3 is 0 Å². The van der Waals surface area contributed by atoms with E-state index in [2.05, 4.69) is 15.3 Å². The van der Waals surface area contributed by atoms with Crippen molar-refractivity contribution in [1.82, 2.24) is 20.0 Å². The molecule has 3 rings (SSSR count). The number of guanidine groups is 1. The monoisotopic (exact) mass is 517 g/mol. The molecule has 2 unspecified atom stereocenters. The van der Waals surface area contributed by atoms with Crippen molar-refractivity contribution in [3.8, 4) is 5.75 Å². The Kier molecular flexibility index (Phi) is 9.15. The molecule has 0 bridgehead atoms. The van der Waals surface area contributed by atoms with Crippen molar-refractivity contribution in [2.45, 2.75) is 26.1 Å². The molecule has 2 atom stereocenters. The van der Waals surface area contributed by atoms with E-state index in [1.165, 1.54) is 6.07 Å². The molecule has 9 heteroatoms. The van der Waals surface area contributed by atoms with E-state index in [9.17, 15) is 4.39 Å². The van der Waals surface area contributed by atoms with Gasteiger partial charge in [0.25, 0.3) is 0 Å². The summed E-state index contributed by atoms with van der Waals surface area (Å²) in [6.07, 6.45) is 3.52. The Bertz CT molecular complexity index is 801. The minimum absolute atomic E-state index is 0. The molecule has 1 aromatic carbocycles. The zero-order valence-electron chi connectivity index (χ0n) is 17.0.